The molecule has 3 rings (SSSR count). The summed E-state index contributed by atoms with van der Waals surface area (Å²) < 4.78 is 5.53. The summed E-state index contributed by atoms with van der Waals surface area (Å²) in [4.78, 5) is 27.8. The number of hydrogen-bond acceptors (Lipinski definition) is 4. The molecule has 0 spiro atoms. The van der Waals surface area contributed by atoms with Gasteiger partial charge in [0.25, 0.3) is 11.8 Å². The number of nitrogens with zero attached hydrogens (tertiary/aromatic N) is 1. The fraction of sp³-hybridized carbons (Fsp3) is 0.273. The van der Waals surface area contributed by atoms with Crippen molar-refractivity contribution in [1.82, 2.24) is 4.90 Å². The van der Waals surface area contributed by atoms with E-state index in [4.69, 9.17) is 27.9 Å². The van der Waals surface area contributed by atoms with Crippen LogP contribution in [0.15, 0.2) is 53.4 Å². The lowest BCUT2D eigenvalue weighted by molar-refractivity contribution is -0.137. The number of rotatable bonds is 8. The standard InChI is InChI=1S/C22H21Cl2NO3S/c1-14(2)28-11-10-25-21(26)19(17-9-8-16(23)12-18(17)24)20(22(25)27)29-13-15-6-4-3-5-7-15/h3-9,12,14H,10-11,13H2,1-2H3. The Bertz CT molecular complexity index is 944. The zero-order chi connectivity index (χ0) is 21.0. The molecule has 7 heteroatoms. The number of imide groups is 1. The molecule has 0 radical (unpaired) electrons. The number of thioether (sulfide) groups is 1. The zero-order valence-corrected chi connectivity index (χ0v) is 18.5. The molecule has 0 saturated heterocycles. The van der Waals surface area contributed by atoms with Crippen LogP contribution in [-0.4, -0.2) is 36.0 Å². The van der Waals surface area contributed by atoms with Gasteiger partial charge < -0.3 is 4.74 Å². The number of carbonyl (C=O) groups is 2. The van der Waals surface area contributed by atoms with Gasteiger partial charge in [0, 0.05) is 16.3 Å². The maximum Gasteiger partial charge on any atom is 0.268 e. The normalized spacial score (nSPS) is 14.4. The number of amides is 2. The van der Waals surface area contributed by atoms with Crippen LogP contribution in [0.4, 0.5) is 0 Å². The van der Waals surface area contributed by atoms with Gasteiger partial charge in [-0.05, 0) is 31.5 Å². The van der Waals surface area contributed by atoms with Crippen LogP contribution in [0, 0.1) is 0 Å². The van der Waals surface area contributed by atoms with E-state index in [0.29, 0.717) is 31.8 Å². The van der Waals surface area contributed by atoms with E-state index in [1.807, 2.05) is 44.2 Å². The average molecular weight is 450 g/mol. The Kier molecular flexibility index (Phi) is 7.41. The van der Waals surface area contributed by atoms with Crippen molar-refractivity contribution in [2.75, 3.05) is 13.2 Å². The Morgan fingerprint density at radius 2 is 1.76 bits per heavy atom. The van der Waals surface area contributed by atoms with Gasteiger partial charge in [0.1, 0.15) is 0 Å². The van der Waals surface area contributed by atoms with Gasteiger partial charge in [-0.2, -0.15) is 0 Å². The monoisotopic (exact) mass is 449 g/mol. The highest BCUT2D eigenvalue weighted by molar-refractivity contribution is 8.03. The van der Waals surface area contributed by atoms with Gasteiger partial charge in [0.05, 0.1) is 34.8 Å². The summed E-state index contributed by atoms with van der Waals surface area (Å²) >= 11 is 13.7. The molecule has 0 N–H and O–H groups in total. The molecular weight excluding hydrogens is 429 g/mol. The van der Waals surface area contributed by atoms with Gasteiger partial charge >= 0.3 is 0 Å². The first-order chi connectivity index (χ1) is 13.9. The second kappa shape index (κ2) is 9.81. The fourth-order valence-corrected chi connectivity index (χ4v) is 4.51. The SMILES string of the molecule is CC(C)OCCN1C(=O)C(SCc2ccccc2)=C(c2ccc(Cl)cc2Cl)C1=O. The van der Waals surface area contributed by atoms with Crippen LogP contribution < -0.4 is 0 Å². The van der Waals surface area contributed by atoms with Crippen molar-refractivity contribution in [2.24, 2.45) is 0 Å². The summed E-state index contributed by atoms with van der Waals surface area (Å²) in [5.74, 6) is -0.105. The molecule has 1 aliphatic heterocycles. The topological polar surface area (TPSA) is 46.6 Å². The van der Waals surface area contributed by atoms with Gasteiger partial charge in [-0.1, -0.05) is 59.6 Å². The lowest BCUT2D eigenvalue weighted by atomic mass is 10.1. The molecule has 1 aliphatic rings. The summed E-state index contributed by atoms with van der Waals surface area (Å²) in [6.45, 7) is 4.30. The average Bonchev–Trinajstić information content (AvgIpc) is 2.91. The van der Waals surface area contributed by atoms with E-state index < -0.39 is 0 Å². The van der Waals surface area contributed by atoms with Crippen molar-refractivity contribution >= 4 is 52.4 Å². The highest BCUT2D eigenvalue weighted by Gasteiger charge is 2.39. The van der Waals surface area contributed by atoms with Crippen LogP contribution in [0.25, 0.3) is 5.57 Å². The first-order valence-electron chi connectivity index (χ1n) is 9.22. The molecule has 152 valence electrons. The Balaban J connectivity index is 1.92. The first kappa shape index (κ1) is 21.9. The minimum Gasteiger partial charge on any atom is -0.377 e. The third-order valence-corrected chi connectivity index (χ3v) is 6.01. The van der Waals surface area contributed by atoms with Crippen molar-refractivity contribution in [3.05, 3.63) is 74.6 Å². The van der Waals surface area contributed by atoms with Crippen LogP contribution in [0.3, 0.4) is 0 Å². The molecule has 29 heavy (non-hydrogen) atoms. The van der Waals surface area contributed by atoms with E-state index in [-0.39, 0.29) is 31.1 Å². The van der Waals surface area contributed by atoms with E-state index in [1.165, 1.54) is 16.7 Å². The molecule has 0 fully saturated rings. The van der Waals surface area contributed by atoms with Crippen LogP contribution >= 0.6 is 35.0 Å². The lowest BCUT2D eigenvalue weighted by Gasteiger charge is -2.16. The molecule has 2 aromatic rings. The molecule has 0 atom stereocenters. The molecule has 0 saturated carbocycles. The van der Waals surface area contributed by atoms with Crippen LogP contribution in [0.5, 0.6) is 0 Å². The van der Waals surface area contributed by atoms with Crippen molar-refractivity contribution in [3.63, 3.8) is 0 Å². The number of ether oxygens (including phenoxy) is 1. The minimum absolute atomic E-state index is 0.0212. The van der Waals surface area contributed by atoms with E-state index >= 15 is 0 Å². The minimum atomic E-state index is -0.359. The second-order valence-corrected chi connectivity index (χ2v) is 8.61. The van der Waals surface area contributed by atoms with Crippen LogP contribution in [0.2, 0.25) is 10.0 Å². The Hall–Kier alpha value is -1.79. The molecule has 0 bridgehead atoms. The van der Waals surface area contributed by atoms with Crippen molar-refractivity contribution in [3.8, 4) is 0 Å². The van der Waals surface area contributed by atoms with Crippen molar-refractivity contribution in [1.29, 1.82) is 0 Å². The van der Waals surface area contributed by atoms with E-state index in [9.17, 15) is 9.59 Å². The lowest BCUT2D eigenvalue weighted by Crippen LogP contribution is -2.35. The van der Waals surface area contributed by atoms with Gasteiger partial charge in [0.15, 0.2) is 0 Å². The zero-order valence-electron chi connectivity index (χ0n) is 16.2. The van der Waals surface area contributed by atoms with E-state index in [0.717, 1.165) is 5.56 Å². The molecule has 4 nitrogen and oxygen atoms in total. The summed E-state index contributed by atoms with van der Waals surface area (Å²) in [5, 5.41) is 0.809. The molecule has 0 aliphatic carbocycles. The summed E-state index contributed by atoms with van der Waals surface area (Å²) in [7, 11) is 0. The van der Waals surface area contributed by atoms with Crippen molar-refractivity contribution in [2.45, 2.75) is 25.7 Å². The number of halogens is 2. The van der Waals surface area contributed by atoms with Gasteiger partial charge in [0.2, 0.25) is 0 Å². The van der Waals surface area contributed by atoms with Gasteiger partial charge in [-0.25, -0.2) is 0 Å². The number of carbonyl (C=O) groups excluding carboxylic acids is 2. The van der Waals surface area contributed by atoms with Crippen LogP contribution in [0.1, 0.15) is 25.0 Å². The molecule has 2 aromatic carbocycles. The predicted octanol–water partition coefficient (Wildman–Crippen LogP) is 5.43. The third kappa shape index (κ3) is 5.23. The van der Waals surface area contributed by atoms with E-state index in [1.54, 1.807) is 18.2 Å². The second-order valence-electron chi connectivity index (χ2n) is 6.78. The molecule has 0 unspecified atom stereocenters. The summed E-state index contributed by atoms with van der Waals surface area (Å²) in [6.07, 6.45) is 0.0212. The molecule has 1 heterocycles. The molecule has 2 amide bonds. The maximum atomic E-state index is 13.1. The quantitative estimate of drug-likeness (QED) is 0.503. The third-order valence-electron chi connectivity index (χ3n) is 4.32. The Morgan fingerprint density at radius 3 is 2.41 bits per heavy atom. The molecule has 0 aromatic heterocycles. The highest BCUT2D eigenvalue weighted by atomic mass is 35.5. The fourth-order valence-electron chi connectivity index (χ4n) is 2.93. The maximum absolute atomic E-state index is 13.1. The van der Waals surface area contributed by atoms with Gasteiger partial charge in [-0.3, -0.25) is 14.5 Å². The Labute approximate surface area is 184 Å². The van der Waals surface area contributed by atoms with Crippen molar-refractivity contribution < 1.29 is 14.3 Å². The Morgan fingerprint density at radius 1 is 1.03 bits per heavy atom. The van der Waals surface area contributed by atoms with Gasteiger partial charge in [-0.15, -0.1) is 11.8 Å². The molecular formula is C22H21Cl2NO3S. The highest BCUT2D eigenvalue weighted by Crippen LogP contribution is 2.40. The smallest absolute Gasteiger partial charge is 0.268 e. The largest absolute Gasteiger partial charge is 0.377 e. The summed E-state index contributed by atoms with van der Waals surface area (Å²) in [5.41, 5.74) is 1.90. The first-order valence-corrected chi connectivity index (χ1v) is 11.0. The summed E-state index contributed by atoms with van der Waals surface area (Å²) in [6, 6.07) is 14.7. The number of benzene rings is 2. The predicted molar refractivity (Wildman–Crippen MR) is 119 cm³/mol. The van der Waals surface area contributed by atoms with E-state index in [2.05, 4.69) is 0 Å². The number of hydrogen-bond donors (Lipinski definition) is 0. The van der Waals surface area contributed by atoms with Crippen LogP contribution in [-0.2, 0) is 20.1 Å².